The maximum atomic E-state index is 5.56. The van der Waals surface area contributed by atoms with Gasteiger partial charge in [-0.3, -0.25) is 4.99 Å². The van der Waals surface area contributed by atoms with E-state index in [-0.39, 0.29) is 0 Å². The lowest BCUT2D eigenvalue weighted by Gasteiger charge is -2.27. The number of nitrogens with one attached hydrogen (secondary N) is 1. The number of furan rings is 1. The van der Waals surface area contributed by atoms with E-state index in [1.54, 1.807) is 6.26 Å². The van der Waals surface area contributed by atoms with E-state index in [1.165, 1.54) is 16.7 Å². The lowest BCUT2D eigenvalue weighted by Crippen LogP contribution is -2.37. The van der Waals surface area contributed by atoms with Crippen molar-refractivity contribution < 1.29 is 4.42 Å². The largest absolute Gasteiger partial charge is 0.464 e. The van der Waals surface area contributed by atoms with Crippen molar-refractivity contribution in [3.05, 3.63) is 47.7 Å². The predicted molar refractivity (Wildman–Crippen MR) is 82.1 cm³/mol. The minimum atomic E-state index is 0.484. The molecule has 0 fully saturated rings. The molecule has 104 valence electrons. The molecular weight excluding hydrogens is 248 g/mol. The van der Waals surface area contributed by atoms with Gasteiger partial charge in [0.25, 0.3) is 0 Å². The van der Waals surface area contributed by atoms with Gasteiger partial charge >= 0.3 is 0 Å². The number of rotatable bonds is 2. The molecule has 3 nitrogen and oxygen atoms in total. The zero-order valence-corrected chi connectivity index (χ0v) is 12.0. The molecule has 1 atom stereocenters. The van der Waals surface area contributed by atoms with E-state index in [0.29, 0.717) is 6.04 Å². The van der Waals surface area contributed by atoms with Gasteiger partial charge in [0.05, 0.1) is 12.1 Å². The van der Waals surface area contributed by atoms with Crippen molar-refractivity contribution in [1.82, 2.24) is 5.32 Å². The molecule has 0 aliphatic heterocycles. The Morgan fingerprint density at radius 3 is 2.95 bits per heavy atom. The van der Waals surface area contributed by atoms with E-state index in [2.05, 4.69) is 28.5 Å². The highest BCUT2D eigenvalue weighted by Gasteiger charge is 2.21. The molecule has 3 rings (SSSR count). The molecule has 20 heavy (non-hydrogen) atoms. The Bertz CT molecular complexity index is 614. The van der Waals surface area contributed by atoms with Gasteiger partial charge < -0.3 is 9.73 Å². The summed E-state index contributed by atoms with van der Waals surface area (Å²) in [7, 11) is 1.83. The zero-order valence-electron chi connectivity index (χ0n) is 12.0. The van der Waals surface area contributed by atoms with Gasteiger partial charge in [0.15, 0.2) is 0 Å². The first-order valence-electron chi connectivity index (χ1n) is 7.12. The molecule has 0 spiro atoms. The van der Waals surface area contributed by atoms with Crippen LogP contribution < -0.4 is 5.32 Å². The van der Waals surface area contributed by atoms with E-state index in [9.17, 15) is 0 Å². The molecule has 0 radical (unpaired) electrons. The van der Waals surface area contributed by atoms with Crippen LogP contribution in [0.5, 0.6) is 0 Å². The molecule has 1 aromatic heterocycles. The molecule has 1 unspecified atom stereocenters. The number of amidine groups is 1. The Labute approximate surface area is 119 Å². The van der Waals surface area contributed by atoms with Crippen molar-refractivity contribution in [3.63, 3.8) is 0 Å². The van der Waals surface area contributed by atoms with Crippen LogP contribution in [-0.2, 0) is 12.8 Å². The van der Waals surface area contributed by atoms with Crippen molar-refractivity contribution in [2.24, 2.45) is 4.99 Å². The summed E-state index contributed by atoms with van der Waals surface area (Å²) in [5.41, 5.74) is 4.10. The minimum absolute atomic E-state index is 0.484. The molecular formula is C17H20N2O. The molecule has 1 heterocycles. The van der Waals surface area contributed by atoms with Crippen LogP contribution in [0.2, 0.25) is 0 Å². The zero-order chi connectivity index (χ0) is 13.9. The van der Waals surface area contributed by atoms with Crippen LogP contribution >= 0.6 is 0 Å². The van der Waals surface area contributed by atoms with Crippen molar-refractivity contribution in [2.45, 2.75) is 32.2 Å². The molecule has 1 aliphatic rings. The fourth-order valence-electron chi connectivity index (χ4n) is 2.95. The minimum Gasteiger partial charge on any atom is -0.464 e. The summed E-state index contributed by atoms with van der Waals surface area (Å²) in [6.07, 6.45) is 5.01. The number of fused-ring (bicyclic) bond motifs is 1. The van der Waals surface area contributed by atoms with Crippen LogP contribution in [0.3, 0.4) is 0 Å². The highest BCUT2D eigenvalue weighted by atomic mass is 16.3. The van der Waals surface area contributed by atoms with Gasteiger partial charge in [0, 0.05) is 18.7 Å². The average molecular weight is 268 g/mol. The molecule has 0 saturated carbocycles. The van der Waals surface area contributed by atoms with Gasteiger partial charge in [0.1, 0.15) is 5.76 Å². The number of benzene rings is 1. The summed E-state index contributed by atoms with van der Waals surface area (Å²) in [6, 6.07) is 11.0. The van der Waals surface area contributed by atoms with Crippen LogP contribution in [0.25, 0.3) is 11.3 Å². The van der Waals surface area contributed by atoms with Gasteiger partial charge in [-0.1, -0.05) is 18.2 Å². The summed E-state index contributed by atoms with van der Waals surface area (Å²) in [5, 5.41) is 3.49. The van der Waals surface area contributed by atoms with Gasteiger partial charge in [-0.2, -0.15) is 0 Å². The van der Waals surface area contributed by atoms with E-state index in [0.717, 1.165) is 30.9 Å². The third-order valence-corrected chi connectivity index (χ3v) is 4.02. The second-order valence-corrected chi connectivity index (χ2v) is 5.31. The fourth-order valence-corrected chi connectivity index (χ4v) is 2.95. The SMILES string of the molecule is CN=C(C)NC1CCc2c(cccc2-c2ccco2)C1. The average Bonchev–Trinajstić information content (AvgIpc) is 3.00. The Hall–Kier alpha value is -2.03. The predicted octanol–water partition coefficient (Wildman–Crippen LogP) is 3.44. The lowest BCUT2D eigenvalue weighted by molar-refractivity contribution is 0.526. The van der Waals surface area contributed by atoms with Crippen LogP contribution in [0.1, 0.15) is 24.5 Å². The summed E-state index contributed by atoms with van der Waals surface area (Å²) in [4.78, 5) is 4.19. The maximum Gasteiger partial charge on any atom is 0.134 e. The summed E-state index contributed by atoms with van der Waals surface area (Å²) in [5.74, 6) is 1.99. The third-order valence-electron chi connectivity index (χ3n) is 4.02. The number of aliphatic imine (C=N–C) groups is 1. The Balaban J connectivity index is 1.87. The molecule has 1 N–H and O–H groups in total. The van der Waals surface area contributed by atoms with E-state index < -0.39 is 0 Å². The van der Waals surface area contributed by atoms with Gasteiger partial charge in [0.2, 0.25) is 0 Å². The van der Waals surface area contributed by atoms with Crippen molar-refractivity contribution in [1.29, 1.82) is 0 Å². The normalized spacial score (nSPS) is 18.7. The first-order valence-corrected chi connectivity index (χ1v) is 7.12. The van der Waals surface area contributed by atoms with Crippen LogP contribution in [-0.4, -0.2) is 18.9 Å². The molecule has 0 saturated heterocycles. The molecule has 1 aliphatic carbocycles. The molecule has 0 amide bonds. The Kier molecular flexibility index (Phi) is 3.59. The first-order chi connectivity index (χ1) is 9.78. The highest BCUT2D eigenvalue weighted by molar-refractivity contribution is 5.79. The maximum absolute atomic E-state index is 5.56. The van der Waals surface area contributed by atoms with Crippen LogP contribution in [0.4, 0.5) is 0 Å². The standard InChI is InChI=1S/C17H20N2O/c1-12(18-2)19-14-8-9-15-13(11-14)5-3-6-16(15)17-7-4-10-20-17/h3-7,10,14H,8-9,11H2,1-2H3,(H,18,19). The van der Waals surface area contributed by atoms with Crippen molar-refractivity contribution in [3.8, 4) is 11.3 Å². The quantitative estimate of drug-likeness (QED) is 0.669. The number of nitrogens with zero attached hydrogens (tertiary/aromatic N) is 1. The van der Waals surface area contributed by atoms with E-state index in [4.69, 9.17) is 4.42 Å². The van der Waals surface area contributed by atoms with E-state index in [1.807, 2.05) is 26.1 Å². The van der Waals surface area contributed by atoms with Gasteiger partial charge in [-0.25, -0.2) is 0 Å². The first kappa shape index (κ1) is 13.0. The van der Waals surface area contributed by atoms with Crippen LogP contribution in [0.15, 0.2) is 46.0 Å². The summed E-state index contributed by atoms with van der Waals surface area (Å²) < 4.78 is 5.56. The highest BCUT2D eigenvalue weighted by Crippen LogP contribution is 2.31. The lowest BCUT2D eigenvalue weighted by atomic mass is 9.85. The monoisotopic (exact) mass is 268 g/mol. The fraction of sp³-hybridized carbons (Fsp3) is 0.353. The second-order valence-electron chi connectivity index (χ2n) is 5.31. The van der Waals surface area contributed by atoms with Crippen molar-refractivity contribution in [2.75, 3.05) is 7.05 Å². The molecule has 0 bridgehead atoms. The number of hydrogen-bond donors (Lipinski definition) is 1. The second kappa shape index (κ2) is 5.53. The Morgan fingerprint density at radius 1 is 1.30 bits per heavy atom. The molecule has 3 heteroatoms. The topological polar surface area (TPSA) is 37.5 Å². The van der Waals surface area contributed by atoms with Gasteiger partial charge in [-0.05, 0) is 49.4 Å². The van der Waals surface area contributed by atoms with Gasteiger partial charge in [-0.15, -0.1) is 0 Å². The molecule has 1 aromatic carbocycles. The Morgan fingerprint density at radius 2 is 2.20 bits per heavy atom. The smallest absolute Gasteiger partial charge is 0.134 e. The summed E-state index contributed by atoms with van der Waals surface area (Å²) >= 11 is 0. The van der Waals surface area contributed by atoms with Crippen LogP contribution in [0, 0.1) is 0 Å². The molecule has 2 aromatic rings. The third kappa shape index (κ3) is 2.48. The summed E-state index contributed by atoms with van der Waals surface area (Å²) in [6.45, 7) is 2.02. The van der Waals surface area contributed by atoms with Crippen molar-refractivity contribution >= 4 is 5.84 Å². The number of hydrogen-bond acceptors (Lipinski definition) is 2. The van der Waals surface area contributed by atoms with E-state index >= 15 is 0 Å².